The Kier molecular flexibility index (Phi) is 5.72. The second-order valence-corrected chi connectivity index (χ2v) is 5.62. The largest absolute Gasteiger partial charge is 0.444 e. The number of carbonyl (C=O) groups excluding carboxylic acids is 1. The first-order chi connectivity index (χ1) is 9.19. The van der Waals surface area contributed by atoms with Crippen molar-refractivity contribution in [2.75, 3.05) is 13.7 Å². The molecule has 0 aromatic rings. The molecule has 0 bridgehead atoms. The van der Waals surface area contributed by atoms with Gasteiger partial charge in [-0.15, -0.1) is 0 Å². The predicted molar refractivity (Wildman–Crippen MR) is 67.9 cm³/mol. The SMILES string of the molecule is CO[C@H]1O[C@@H]([C@@H](CO)NC(=O)OC(C)(C)C)[C@H](O)[C@H]1O. The molecule has 1 aliphatic heterocycles. The van der Waals surface area contributed by atoms with Gasteiger partial charge in [0, 0.05) is 7.11 Å². The van der Waals surface area contributed by atoms with Gasteiger partial charge in [0.05, 0.1) is 12.6 Å². The van der Waals surface area contributed by atoms with Gasteiger partial charge in [-0.1, -0.05) is 0 Å². The maximum absolute atomic E-state index is 11.6. The Bertz CT molecular complexity index is 330. The Morgan fingerprint density at radius 2 is 1.95 bits per heavy atom. The molecule has 0 aliphatic carbocycles. The summed E-state index contributed by atoms with van der Waals surface area (Å²) in [5.74, 6) is 0. The summed E-state index contributed by atoms with van der Waals surface area (Å²) in [6.45, 7) is 4.62. The van der Waals surface area contributed by atoms with Crippen molar-refractivity contribution in [1.29, 1.82) is 0 Å². The van der Waals surface area contributed by atoms with Crippen molar-refractivity contribution in [2.24, 2.45) is 0 Å². The third-order valence-electron chi connectivity index (χ3n) is 2.78. The van der Waals surface area contributed by atoms with Crippen LogP contribution in [0.5, 0.6) is 0 Å². The van der Waals surface area contributed by atoms with Gasteiger partial charge < -0.3 is 34.8 Å². The first kappa shape index (κ1) is 17.1. The average molecular weight is 293 g/mol. The minimum absolute atomic E-state index is 0.482. The third kappa shape index (κ3) is 4.29. The molecule has 1 aliphatic rings. The van der Waals surface area contributed by atoms with Crippen LogP contribution in [-0.2, 0) is 14.2 Å². The maximum atomic E-state index is 11.6. The number of alkyl carbamates (subject to hydrolysis) is 1. The molecule has 5 atom stereocenters. The van der Waals surface area contributed by atoms with E-state index in [4.69, 9.17) is 14.2 Å². The molecule has 1 saturated heterocycles. The predicted octanol–water partition coefficient (Wildman–Crippen LogP) is -1.03. The molecule has 20 heavy (non-hydrogen) atoms. The van der Waals surface area contributed by atoms with Crippen LogP contribution in [0.15, 0.2) is 0 Å². The van der Waals surface area contributed by atoms with Crippen LogP contribution in [-0.4, -0.2) is 71.4 Å². The van der Waals surface area contributed by atoms with Crippen molar-refractivity contribution >= 4 is 6.09 Å². The van der Waals surface area contributed by atoms with E-state index in [9.17, 15) is 20.1 Å². The molecule has 8 heteroatoms. The maximum Gasteiger partial charge on any atom is 0.408 e. The van der Waals surface area contributed by atoms with Crippen molar-refractivity contribution in [3.63, 3.8) is 0 Å². The summed E-state index contributed by atoms with van der Waals surface area (Å²) in [4.78, 5) is 11.6. The van der Waals surface area contributed by atoms with Crippen LogP contribution < -0.4 is 5.32 Å². The summed E-state index contributed by atoms with van der Waals surface area (Å²) in [5.41, 5.74) is -0.687. The molecule has 8 nitrogen and oxygen atoms in total. The smallest absolute Gasteiger partial charge is 0.408 e. The topological polar surface area (TPSA) is 117 Å². The summed E-state index contributed by atoms with van der Waals surface area (Å²) >= 11 is 0. The van der Waals surface area contributed by atoms with Crippen LogP contribution in [0.1, 0.15) is 20.8 Å². The van der Waals surface area contributed by atoms with Gasteiger partial charge >= 0.3 is 6.09 Å². The number of aliphatic hydroxyl groups excluding tert-OH is 3. The van der Waals surface area contributed by atoms with Gasteiger partial charge in [-0.2, -0.15) is 0 Å². The lowest BCUT2D eigenvalue weighted by Gasteiger charge is -2.27. The summed E-state index contributed by atoms with van der Waals surface area (Å²) in [6.07, 6.45) is -5.29. The fraction of sp³-hybridized carbons (Fsp3) is 0.917. The number of amides is 1. The zero-order valence-electron chi connectivity index (χ0n) is 12.1. The normalized spacial score (nSPS) is 31.9. The molecule has 1 rings (SSSR count). The van der Waals surface area contributed by atoms with Gasteiger partial charge in [0.15, 0.2) is 6.29 Å². The Balaban J connectivity index is 2.65. The summed E-state index contributed by atoms with van der Waals surface area (Å²) < 4.78 is 15.2. The number of methoxy groups -OCH3 is 1. The number of aliphatic hydroxyl groups is 3. The summed E-state index contributed by atoms with van der Waals surface area (Å²) in [7, 11) is 1.32. The molecule has 0 saturated carbocycles. The van der Waals surface area contributed by atoms with E-state index < -0.39 is 48.9 Å². The molecule has 0 aromatic carbocycles. The van der Waals surface area contributed by atoms with Gasteiger partial charge in [-0.05, 0) is 20.8 Å². The van der Waals surface area contributed by atoms with E-state index in [2.05, 4.69) is 5.32 Å². The fourth-order valence-electron chi connectivity index (χ4n) is 1.89. The molecule has 1 heterocycles. The molecule has 0 spiro atoms. The molecule has 0 radical (unpaired) electrons. The zero-order chi connectivity index (χ0) is 15.5. The highest BCUT2D eigenvalue weighted by Crippen LogP contribution is 2.24. The molecule has 118 valence electrons. The molecule has 1 amide bonds. The quantitative estimate of drug-likeness (QED) is 0.523. The fourth-order valence-corrected chi connectivity index (χ4v) is 1.89. The number of carbonyl (C=O) groups is 1. The van der Waals surface area contributed by atoms with Crippen LogP contribution >= 0.6 is 0 Å². The Labute approximate surface area is 117 Å². The van der Waals surface area contributed by atoms with E-state index >= 15 is 0 Å². The van der Waals surface area contributed by atoms with Crippen LogP contribution in [0.4, 0.5) is 4.79 Å². The van der Waals surface area contributed by atoms with Gasteiger partial charge in [0.25, 0.3) is 0 Å². The van der Waals surface area contributed by atoms with Gasteiger partial charge in [0.2, 0.25) is 0 Å². The van der Waals surface area contributed by atoms with Gasteiger partial charge in [0.1, 0.15) is 23.9 Å². The van der Waals surface area contributed by atoms with Gasteiger partial charge in [-0.25, -0.2) is 4.79 Å². The van der Waals surface area contributed by atoms with E-state index in [-0.39, 0.29) is 0 Å². The highest BCUT2D eigenvalue weighted by atomic mass is 16.7. The van der Waals surface area contributed by atoms with Crippen molar-refractivity contribution in [3.05, 3.63) is 0 Å². The monoisotopic (exact) mass is 293 g/mol. The van der Waals surface area contributed by atoms with E-state index in [1.165, 1.54) is 7.11 Å². The van der Waals surface area contributed by atoms with Crippen LogP contribution in [0, 0.1) is 0 Å². The van der Waals surface area contributed by atoms with E-state index in [1.54, 1.807) is 20.8 Å². The lowest BCUT2D eigenvalue weighted by Crippen LogP contribution is -2.51. The third-order valence-corrected chi connectivity index (χ3v) is 2.78. The van der Waals surface area contributed by atoms with Crippen molar-refractivity contribution in [2.45, 2.75) is 57.0 Å². The summed E-state index contributed by atoms with van der Waals surface area (Å²) in [6, 6.07) is -0.922. The summed E-state index contributed by atoms with van der Waals surface area (Å²) in [5, 5.41) is 31.2. The Morgan fingerprint density at radius 3 is 2.35 bits per heavy atom. The standard InChI is InChI=1S/C12H23NO7/c1-12(2,3)20-11(17)13-6(5-14)9-7(15)8(16)10(18-4)19-9/h6-10,14-16H,5H2,1-4H3,(H,13,17)/t6-,7-,8-,9+,10+/m1/s1. The van der Waals surface area contributed by atoms with E-state index in [0.29, 0.717) is 0 Å². The number of hydrogen-bond acceptors (Lipinski definition) is 7. The average Bonchev–Trinajstić information content (AvgIpc) is 2.61. The molecule has 0 unspecified atom stereocenters. The highest BCUT2D eigenvalue weighted by molar-refractivity contribution is 5.68. The minimum atomic E-state index is -1.29. The first-order valence-electron chi connectivity index (χ1n) is 6.34. The molecular formula is C12H23NO7. The number of ether oxygens (including phenoxy) is 3. The van der Waals surface area contributed by atoms with Gasteiger partial charge in [-0.3, -0.25) is 0 Å². The molecule has 4 N–H and O–H groups in total. The number of rotatable bonds is 4. The Morgan fingerprint density at radius 1 is 1.35 bits per heavy atom. The molecular weight excluding hydrogens is 270 g/mol. The van der Waals surface area contributed by atoms with Crippen molar-refractivity contribution in [1.82, 2.24) is 5.32 Å². The lowest BCUT2D eigenvalue weighted by atomic mass is 10.0. The number of hydrogen-bond donors (Lipinski definition) is 4. The van der Waals surface area contributed by atoms with Crippen LogP contribution in [0.2, 0.25) is 0 Å². The number of nitrogens with one attached hydrogen (secondary N) is 1. The second-order valence-electron chi connectivity index (χ2n) is 5.62. The van der Waals surface area contributed by atoms with Crippen LogP contribution in [0.25, 0.3) is 0 Å². The zero-order valence-corrected chi connectivity index (χ0v) is 12.1. The second kappa shape index (κ2) is 6.68. The molecule has 0 aromatic heterocycles. The molecule has 1 fully saturated rings. The van der Waals surface area contributed by atoms with Crippen molar-refractivity contribution < 1.29 is 34.3 Å². The highest BCUT2D eigenvalue weighted by Gasteiger charge is 2.47. The van der Waals surface area contributed by atoms with E-state index in [0.717, 1.165) is 0 Å². The van der Waals surface area contributed by atoms with Crippen molar-refractivity contribution in [3.8, 4) is 0 Å². The Hall–Kier alpha value is -0.930. The first-order valence-corrected chi connectivity index (χ1v) is 6.34. The van der Waals surface area contributed by atoms with E-state index in [1.807, 2.05) is 0 Å². The lowest BCUT2D eigenvalue weighted by molar-refractivity contribution is -0.153. The minimum Gasteiger partial charge on any atom is -0.444 e. The van der Waals surface area contributed by atoms with Crippen LogP contribution in [0.3, 0.4) is 0 Å².